The molecule has 4 nitrogen and oxygen atoms in total. The van der Waals surface area contributed by atoms with E-state index in [9.17, 15) is 4.79 Å². The highest BCUT2D eigenvalue weighted by molar-refractivity contribution is 5.89. The van der Waals surface area contributed by atoms with Gasteiger partial charge < -0.3 is 15.8 Å². The van der Waals surface area contributed by atoms with Crippen LogP contribution in [0.1, 0.15) is 58.3 Å². The van der Waals surface area contributed by atoms with Gasteiger partial charge in [-0.15, -0.1) is 0 Å². The lowest BCUT2D eigenvalue weighted by Crippen LogP contribution is -2.51. The molecule has 0 aliphatic heterocycles. The van der Waals surface area contributed by atoms with Crippen molar-refractivity contribution in [3.63, 3.8) is 0 Å². The number of rotatable bonds is 6. The van der Waals surface area contributed by atoms with Crippen LogP contribution in [0.25, 0.3) is 0 Å². The Morgan fingerprint density at radius 2 is 1.89 bits per heavy atom. The summed E-state index contributed by atoms with van der Waals surface area (Å²) in [7, 11) is 0. The molecule has 2 rings (SSSR count). The van der Waals surface area contributed by atoms with Crippen molar-refractivity contribution in [2.45, 2.75) is 69.4 Å². The highest BCUT2D eigenvalue weighted by atomic mass is 16.5. The van der Waals surface area contributed by atoms with Gasteiger partial charge in [0.2, 0.25) is 5.91 Å². The molecular formula is C14H26N2O2. The SMILES string of the molecule is CCCOC1(CNC(=O)C2(N)CC2)CCCCC1. The van der Waals surface area contributed by atoms with Gasteiger partial charge in [-0.05, 0) is 32.1 Å². The van der Waals surface area contributed by atoms with E-state index in [-0.39, 0.29) is 11.5 Å². The maximum atomic E-state index is 11.9. The molecule has 0 aromatic carbocycles. The van der Waals surface area contributed by atoms with Crippen molar-refractivity contribution in [2.24, 2.45) is 5.73 Å². The number of carbonyl (C=O) groups excluding carboxylic acids is 1. The second kappa shape index (κ2) is 5.57. The molecule has 0 unspecified atom stereocenters. The van der Waals surface area contributed by atoms with Crippen molar-refractivity contribution in [3.05, 3.63) is 0 Å². The van der Waals surface area contributed by atoms with Gasteiger partial charge in [-0.3, -0.25) is 4.79 Å². The van der Waals surface area contributed by atoms with Crippen molar-refractivity contribution >= 4 is 5.91 Å². The van der Waals surface area contributed by atoms with Crippen LogP contribution in [0.4, 0.5) is 0 Å². The van der Waals surface area contributed by atoms with Crippen LogP contribution in [-0.4, -0.2) is 30.2 Å². The average molecular weight is 254 g/mol. The summed E-state index contributed by atoms with van der Waals surface area (Å²) >= 11 is 0. The number of nitrogens with two attached hydrogens (primary N) is 1. The summed E-state index contributed by atoms with van der Waals surface area (Å²) < 4.78 is 6.05. The van der Waals surface area contributed by atoms with E-state index in [4.69, 9.17) is 10.5 Å². The number of nitrogens with one attached hydrogen (secondary N) is 1. The third kappa shape index (κ3) is 3.23. The Morgan fingerprint density at radius 1 is 1.22 bits per heavy atom. The molecule has 2 aliphatic rings. The first-order chi connectivity index (χ1) is 8.60. The second-order valence-electron chi connectivity index (χ2n) is 5.93. The topological polar surface area (TPSA) is 64.3 Å². The number of hydrogen-bond donors (Lipinski definition) is 2. The maximum absolute atomic E-state index is 11.9. The quantitative estimate of drug-likeness (QED) is 0.758. The van der Waals surface area contributed by atoms with Crippen LogP contribution in [0.3, 0.4) is 0 Å². The molecule has 3 N–H and O–H groups in total. The lowest BCUT2D eigenvalue weighted by atomic mass is 9.84. The standard InChI is InChI=1S/C14H26N2O2/c1-2-10-18-13(6-4-3-5-7-13)11-16-12(17)14(15)8-9-14/h2-11,15H2,1H3,(H,16,17). The average Bonchev–Trinajstić information content (AvgIpc) is 3.14. The van der Waals surface area contributed by atoms with Crippen molar-refractivity contribution in [3.8, 4) is 0 Å². The van der Waals surface area contributed by atoms with E-state index in [0.29, 0.717) is 6.54 Å². The van der Waals surface area contributed by atoms with Gasteiger partial charge in [-0.2, -0.15) is 0 Å². The molecule has 0 aromatic heterocycles. The zero-order valence-electron chi connectivity index (χ0n) is 11.5. The molecule has 2 saturated carbocycles. The van der Waals surface area contributed by atoms with Gasteiger partial charge in [0, 0.05) is 13.2 Å². The molecule has 0 heterocycles. The molecule has 2 aliphatic carbocycles. The Bertz CT molecular complexity index is 294. The highest BCUT2D eigenvalue weighted by Gasteiger charge is 2.46. The summed E-state index contributed by atoms with van der Waals surface area (Å²) in [6, 6.07) is 0. The van der Waals surface area contributed by atoms with E-state index in [1.54, 1.807) is 0 Å². The summed E-state index contributed by atoms with van der Waals surface area (Å²) in [5, 5.41) is 3.02. The Balaban J connectivity index is 1.86. The minimum absolute atomic E-state index is 0.00699. The molecule has 0 radical (unpaired) electrons. The van der Waals surface area contributed by atoms with Crippen molar-refractivity contribution in [1.82, 2.24) is 5.32 Å². The fourth-order valence-corrected chi connectivity index (χ4v) is 2.67. The van der Waals surface area contributed by atoms with Gasteiger partial charge >= 0.3 is 0 Å². The van der Waals surface area contributed by atoms with E-state index in [2.05, 4.69) is 12.2 Å². The van der Waals surface area contributed by atoms with Gasteiger partial charge in [0.25, 0.3) is 0 Å². The van der Waals surface area contributed by atoms with E-state index in [1.807, 2.05) is 0 Å². The van der Waals surface area contributed by atoms with Crippen LogP contribution < -0.4 is 11.1 Å². The van der Waals surface area contributed by atoms with Gasteiger partial charge in [-0.1, -0.05) is 26.2 Å². The zero-order valence-corrected chi connectivity index (χ0v) is 11.5. The number of hydrogen-bond acceptors (Lipinski definition) is 3. The molecule has 0 spiro atoms. The van der Waals surface area contributed by atoms with Crippen LogP contribution >= 0.6 is 0 Å². The summed E-state index contributed by atoms with van der Waals surface area (Å²) in [5.74, 6) is 0.00699. The van der Waals surface area contributed by atoms with Crippen molar-refractivity contribution in [2.75, 3.05) is 13.2 Å². The Kier molecular flexibility index (Phi) is 4.28. The fraction of sp³-hybridized carbons (Fsp3) is 0.929. The molecule has 18 heavy (non-hydrogen) atoms. The number of carbonyl (C=O) groups is 1. The molecular weight excluding hydrogens is 228 g/mol. The number of ether oxygens (including phenoxy) is 1. The Hall–Kier alpha value is -0.610. The summed E-state index contributed by atoms with van der Waals surface area (Å²) in [5.41, 5.74) is 5.20. The van der Waals surface area contributed by atoms with Crippen LogP contribution in [0, 0.1) is 0 Å². The van der Waals surface area contributed by atoms with E-state index in [0.717, 1.165) is 38.7 Å². The van der Waals surface area contributed by atoms with Crippen LogP contribution in [0.2, 0.25) is 0 Å². The lowest BCUT2D eigenvalue weighted by Gasteiger charge is -2.37. The molecule has 0 atom stereocenters. The molecule has 4 heteroatoms. The second-order valence-corrected chi connectivity index (χ2v) is 5.93. The van der Waals surface area contributed by atoms with Crippen LogP contribution in [0.5, 0.6) is 0 Å². The lowest BCUT2D eigenvalue weighted by molar-refractivity contribution is -0.126. The van der Waals surface area contributed by atoms with Gasteiger partial charge in [0.15, 0.2) is 0 Å². The van der Waals surface area contributed by atoms with E-state index < -0.39 is 5.54 Å². The molecule has 104 valence electrons. The summed E-state index contributed by atoms with van der Waals surface area (Å²) in [6.07, 6.45) is 8.47. The first-order valence-electron chi connectivity index (χ1n) is 7.31. The Morgan fingerprint density at radius 3 is 2.44 bits per heavy atom. The van der Waals surface area contributed by atoms with E-state index >= 15 is 0 Å². The third-order valence-corrected chi connectivity index (χ3v) is 4.19. The maximum Gasteiger partial charge on any atom is 0.240 e. The molecule has 1 amide bonds. The van der Waals surface area contributed by atoms with Gasteiger partial charge in [0.05, 0.1) is 11.1 Å². The summed E-state index contributed by atoms with van der Waals surface area (Å²) in [6.45, 7) is 3.53. The van der Waals surface area contributed by atoms with Crippen LogP contribution in [0.15, 0.2) is 0 Å². The smallest absolute Gasteiger partial charge is 0.240 e. The minimum Gasteiger partial charge on any atom is -0.373 e. The van der Waals surface area contributed by atoms with E-state index in [1.165, 1.54) is 19.3 Å². The van der Waals surface area contributed by atoms with Gasteiger partial charge in [0.1, 0.15) is 0 Å². The third-order valence-electron chi connectivity index (χ3n) is 4.19. The fourth-order valence-electron chi connectivity index (χ4n) is 2.67. The predicted octanol–water partition coefficient (Wildman–Crippen LogP) is 1.72. The number of amides is 1. The minimum atomic E-state index is -0.569. The zero-order chi connectivity index (χ0) is 13.1. The Labute approximate surface area is 110 Å². The highest BCUT2D eigenvalue weighted by Crippen LogP contribution is 2.34. The monoisotopic (exact) mass is 254 g/mol. The molecule has 2 fully saturated rings. The predicted molar refractivity (Wildman–Crippen MR) is 71.2 cm³/mol. The normalized spacial score (nSPS) is 24.6. The van der Waals surface area contributed by atoms with Crippen molar-refractivity contribution < 1.29 is 9.53 Å². The molecule has 0 aromatic rings. The molecule has 0 saturated heterocycles. The van der Waals surface area contributed by atoms with Gasteiger partial charge in [-0.25, -0.2) is 0 Å². The molecule has 0 bridgehead atoms. The first-order valence-corrected chi connectivity index (χ1v) is 7.31. The van der Waals surface area contributed by atoms with Crippen LogP contribution in [-0.2, 0) is 9.53 Å². The summed E-state index contributed by atoms with van der Waals surface area (Å²) in [4.78, 5) is 11.9. The van der Waals surface area contributed by atoms with Crippen molar-refractivity contribution in [1.29, 1.82) is 0 Å². The first kappa shape index (κ1) is 13.8. The largest absolute Gasteiger partial charge is 0.373 e.